The second kappa shape index (κ2) is 8.54. The van der Waals surface area contributed by atoms with Crippen LogP contribution >= 0.6 is 11.3 Å². The highest BCUT2D eigenvalue weighted by Crippen LogP contribution is 2.37. The second-order valence-corrected chi connectivity index (χ2v) is 7.96. The van der Waals surface area contributed by atoms with Crippen LogP contribution in [0.15, 0.2) is 24.3 Å². The summed E-state index contributed by atoms with van der Waals surface area (Å²) in [4.78, 5) is 27.5. The Morgan fingerprint density at radius 2 is 2.07 bits per heavy atom. The number of hydrogen-bond acceptors (Lipinski definition) is 5. The van der Waals surface area contributed by atoms with Gasteiger partial charge < -0.3 is 15.8 Å². The van der Waals surface area contributed by atoms with Crippen molar-refractivity contribution in [1.82, 2.24) is 4.90 Å². The number of hydrogen-bond donors (Lipinski definition) is 2. The summed E-state index contributed by atoms with van der Waals surface area (Å²) < 4.78 is 5.23. The highest BCUT2D eigenvalue weighted by Gasteiger charge is 2.25. The van der Waals surface area contributed by atoms with Crippen LogP contribution in [0.5, 0.6) is 5.75 Å². The van der Waals surface area contributed by atoms with Gasteiger partial charge in [-0.2, -0.15) is 0 Å². The Kier molecular flexibility index (Phi) is 6.13. The highest BCUT2D eigenvalue weighted by atomic mass is 32.1. The van der Waals surface area contributed by atoms with E-state index in [-0.39, 0.29) is 12.5 Å². The van der Waals surface area contributed by atoms with E-state index in [1.165, 1.54) is 16.2 Å². The standard InChI is InChI=1S/C20H25N3O3S/c1-23(11-13-6-5-7-14(10-13)26-2)12-17(24)22-20-18(19(21)25)15-8-3-4-9-16(15)27-20/h5-7,10H,3-4,8-9,11-12H2,1-2H3,(H2,21,25)(H,22,24). The number of nitrogens with one attached hydrogen (secondary N) is 1. The largest absolute Gasteiger partial charge is 0.497 e. The molecular formula is C20H25N3O3S. The quantitative estimate of drug-likeness (QED) is 0.765. The van der Waals surface area contributed by atoms with E-state index >= 15 is 0 Å². The van der Waals surface area contributed by atoms with Gasteiger partial charge in [-0.1, -0.05) is 12.1 Å². The molecule has 3 rings (SSSR count). The van der Waals surface area contributed by atoms with Gasteiger partial charge in [-0.15, -0.1) is 11.3 Å². The number of methoxy groups -OCH3 is 1. The molecule has 6 nitrogen and oxygen atoms in total. The average molecular weight is 388 g/mol. The zero-order valence-corrected chi connectivity index (χ0v) is 16.5. The molecule has 0 unspecified atom stereocenters. The van der Waals surface area contributed by atoms with Gasteiger partial charge in [0.15, 0.2) is 0 Å². The summed E-state index contributed by atoms with van der Waals surface area (Å²) in [7, 11) is 3.51. The van der Waals surface area contributed by atoms with Crippen LogP contribution in [-0.4, -0.2) is 37.4 Å². The maximum absolute atomic E-state index is 12.5. The molecular weight excluding hydrogens is 362 g/mol. The summed E-state index contributed by atoms with van der Waals surface area (Å²) >= 11 is 1.49. The molecule has 1 aliphatic carbocycles. The number of rotatable bonds is 7. The van der Waals surface area contributed by atoms with E-state index in [0.29, 0.717) is 17.1 Å². The summed E-state index contributed by atoms with van der Waals surface area (Å²) in [6.45, 7) is 0.839. The Hall–Kier alpha value is -2.38. The monoisotopic (exact) mass is 387 g/mol. The van der Waals surface area contributed by atoms with Crippen molar-refractivity contribution in [3.8, 4) is 5.75 Å². The van der Waals surface area contributed by atoms with E-state index in [2.05, 4.69) is 5.32 Å². The molecule has 0 radical (unpaired) electrons. The van der Waals surface area contributed by atoms with E-state index in [1.807, 2.05) is 36.2 Å². The Morgan fingerprint density at radius 1 is 1.30 bits per heavy atom. The van der Waals surface area contributed by atoms with Gasteiger partial charge in [0.1, 0.15) is 10.8 Å². The molecule has 0 saturated carbocycles. The predicted molar refractivity (Wildman–Crippen MR) is 107 cm³/mol. The molecule has 0 saturated heterocycles. The fourth-order valence-corrected chi connectivity index (χ4v) is 4.78. The third kappa shape index (κ3) is 4.67. The van der Waals surface area contributed by atoms with E-state index in [4.69, 9.17) is 10.5 Å². The number of nitrogens with two attached hydrogens (primary N) is 1. The molecule has 1 aromatic carbocycles. The molecule has 1 heterocycles. The lowest BCUT2D eigenvalue weighted by Gasteiger charge is -2.16. The van der Waals surface area contributed by atoms with Crippen molar-refractivity contribution in [2.45, 2.75) is 32.2 Å². The zero-order chi connectivity index (χ0) is 19.4. The van der Waals surface area contributed by atoms with Gasteiger partial charge in [-0.25, -0.2) is 0 Å². The van der Waals surface area contributed by atoms with Crippen LogP contribution in [0.1, 0.15) is 39.2 Å². The average Bonchev–Trinajstić information content (AvgIpc) is 2.99. The molecule has 2 aromatic rings. The van der Waals surface area contributed by atoms with Gasteiger partial charge in [0.05, 0.1) is 19.2 Å². The molecule has 0 atom stereocenters. The van der Waals surface area contributed by atoms with E-state index in [1.54, 1.807) is 7.11 Å². The lowest BCUT2D eigenvalue weighted by Crippen LogP contribution is -2.30. The van der Waals surface area contributed by atoms with Crippen molar-refractivity contribution in [2.24, 2.45) is 5.73 Å². The number of thiophene rings is 1. The first kappa shape index (κ1) is 19.4. The second-order valence-electron chi connectivity index (χ2n) is 6.85. The predicted octanol–water partition coefficient (Wildman–Crippen LogP) is 2.80. The van der Waals surface area contributed by atoms with Crippen LogP contribution in [0.4, 0.5) is 5.00 Å². The number of benzene rings is 1. The first-order valence-electron chi connectivity index (χ1n) is 9.03. The number of primary amides is 1. The molecule has 0 fully saturated rings. The molecule has 2 amide bonds. The summed E-state index contributed by atoms with van der Waals surface area (Å²) in [5.74, 6) is 0.177. The normalized spacial score (nSPS) is 13.3. The summed E-state index contributed by atoms with van der Waals surface area (Å²) in [5.41, 5.74) is 8.17. The van der Waals surface area contributed by atoms with Gasteiger partial charge in [-0.05, 0) is 56.0 Å². The number of carbonyl (C=O) groups excluding carboxylic acids is 2. The smallest absolute Gasteiger partial charge is 0.251 e. The lowest BCUT2D eigenvalue weighted by molar-refractivity contribution is -0.117. The van der Waals surface area contributed by atoms with Gasteiger partial charge in [-0.3, -0.25) is 14.5 Å². The van der Waals surface area contributed by atoms with Crippen LogP contribution in [-0.2, 0) is 24.2 Å². The molecule has 0 spiro atoms. The van der Waals surface area contributed by atoms with Crippen molar-refractivity contribution in [1.29, 1.82) is 0 Å². The van der Waals surface area contributed by atoms with Gasteiger partial charge >= 0.3 is 0 Å². The number of amides is 2. The van der Waals surface area contributed by atoms with E-state index in [0.717, 1.165) is 42.6 Å². The molecule has 0 aliphatic heterocycles. The number of fused-ring (bicyclic) bond motifs is 1. The molecule has 0 bridgehead atoms. The maximum Gasteiger partial charge on any atom is 0.251 e. The fourth-order valence-electron chi connectivity index (χ4n) is 3.46. The molecule has 1 aromatic heterocycles. The third-order valence-electron chi connectivity index (χ3n) is 4.67. The summed E-state index contributed by atoms with van der Waals surface area (Å²) in [5, 5.41) is 3.49. The Morgan fingerprint density at radius 3 is 2.81 bits per heavy atom. The Labute approximate surface area is 163 Å². The van der Waals surface area contributed by atoms with Crippen LogP contribution in [0.2, 0.25) is 0 Å². The number of ether oxygens (including phenoxy) is 1. The van der Waals surface area contributed by atoms with Crippen LogP contribution in [0, 0.1) is 0 Å². The van der Waals surface area contributed by atoms with Crippen molar-refractivity contribution in [2.75, 3.05) is 26.0 Å². The van der Waals surface area contributed by atoms with Crippen molar-refractivity contribution >= 4 is 28.2 Å². The SMILES string of the molecule is COc1cccc(CN(C)CC(=O)Nc2sc3c(c2C(N)=O)CCCC3)c1. The summed E-state index contributed by atoms with van der Waals surface area (Å²) in [6, 6.07) is 7.76. The van der Waals surface area contributed by atoms with Crippen molar-refractivity contribution < 1.29 is 14.3 Å². The van der Waals surface area contributed by atoms with E-state index < -0.39 is 5.91 Å². The number of aryl methyl sites for hydroxylation is 1. The first-order chi connectivity index (χ1) is 13.0. The molecule has 144 valence electrons. The minimum atomic E-state index is -0.463. The number of carbonyl (C=O) groups is 2. The summed E-state index contributed by atoms with van der Waals surface area (Å²) in [6.07, 6.45) is 3.98. The molecule has 27 heavy (non-hydrogen) atoms. The number of anilines is 1. The van der Waals surface area contributed by atoms with E-state index in [9.17, 15) is 9.59 Å². The van der Waals surface area contributed by atoms with Crippen LogP contribution < -0.4 is 15.8 Å². The zero-order valence-electron chi connectivity index (χ0n) is 15.7. The van der Waals surface area contributed by atoms with Crippen LogP contribution in [0.3, 0.4) is 0 Å². The van der Waals surface area contributed by atoms with Gasteiger partial charge in [0.2, 0.25) is 5.91 Å². The number of likely N-dealkylation sites (N-methyl/N-ethyl adjacent to an activating group) is 1. The fraction of sp³-hybridized carbons (Fsp3) is 0.400. The highest BCUT2D eigenvalue weighted by molar-refractivity contribution is 7.17. The first-order valence-corrected chi connectivity index (χ1v) is 9.85. The van der Waals surface area contributed by atoms with Crippen molar-refractivity contribution in [3.63, 3.8) is 0 Å². The molecule has 7 heteroatoms. The molecule has 1 aliphatic rings. The lowest BCUT2D eigenvalue weighted by atomic mass is 9.95. The Bertz CT molecular complexity index is 847. The minimum Gasteiger partial charge on any atom is -0.497 e. The van der Waals surface area contributed by atoms with Gasteiger partial charge in [0.25, 0.3) is 5.91 Å². The Balaban J connectivity index is 1.65. The van der Waals surface area contributed by atoms with Gasteiger partial charge in [0, 0.05) is 11.4 Å². The topological polar surface area (TPSA) is 84.7 Å². The van der Waals surface area contributed by atoms with Crippen molar-refractivity contribution in [3.05, 3.63) is 45.8 Å². The third-order valence-corrected chi connectivity index (χ3v) is 5.88. The maximum atomic E-state index is 12.5. The molecule has 3 N–H and O–H groups in total. The van der Waals surface area contributed by atoms with Crippen LogP contribution in [0.25, 0.3) is 0 Å². The number of nitrogens with zero attached hydrogens (tertiary/aromatic N) is 1. The minimum absolute atomic E-state index is 0.151.